The van der Waals surface area contributed by atoms with Gasteiger partial charge in [0.25, 0.3) is 0 Å². The van der Waals surface area contributed by atoms with Crippen molar-refractivity contribution in [3.8, 4) is 0 Å². The molecule has 0 aliphatic rings. The van der Waals surface area contributed by atoms with E-state index >= 15 is 0 Å². The van der Waals surface area contributed by atoms with Gasteiger partial charge in [0, 0.05) is 19.4 Å². The molecule has 14 heavy (non-hydrogen) atoms. The molecule has 0 fully saturated rings. The molecule has 3 heteroatoms. The molecule has 3 rings (SSSR count). The highest BCUT2D eigenvalue weighted by Crippen LogP contribution is 2.19. The standard InChI is InChI=1S/C11H11N3/c1-8-4-3-5-9-10(8)12-11-13(2)6-7-14(9)11/h3-7H,1-2H3. The summed E-state index contributed by atoms with van der Waals surface area (Å²) >= 11 is 0. The summed E-state index contributed by atoms with van der Waals surface area (Å²) in [7, 11) is 2.01. The molecule has 2 aromatic heterocycles. The first-order valence-corrected chi connectivity index (χ1v) is 4.66. The number of fused-ring (bicyclic) bond motifs is 3. The molecule has 0 saturated carbocycles. The Kier molecular flexibility index (Phi) is 1.29. The maximum atomic E-state index is 4.60. The molecule has 0 aliphatic heterocycles. The van der Waals surface area contributed by atoms with E-state index < -0.39 is 0 Å². The normalized spacial score (nSPS) is 11.6. The number of hydrogen-bond donors (Lipinski definition) is 0. The van der Waals surface area contributed by atoms with E-state index in [2.05, 4.69) is 34.5 Å². The van der Waals surface area contributed by atoms with Crippen molar-refractivity contribution >= 4 is 16.8 Å². The average Bonchev–Trinajstić information content (AvgIpc) is 2.69. The van der Waals surface area contributed by atoms with E-state index in [1.165, 1.54) is 11.1 Å². The molecule has 0 spiro atoms. The second-order valence-corrected chi connectivity index (χ2v) is 3.63. The second kappa shape index (κ2) is 2.38. The summed E-state index contributed by atoms with van der Waals surface area (Å²) in [6.07, 6.45) is 4.06. The van der Waals surface area contributed by atoms with Gasteiger partial charge in [-0.2, -0.15) is 0 Å². The van der Waals surface area contributed by atoms with E-state index in [0.29, 0.717) is 0 Å². The molecule has 0 aliphatic carbocycles. The topological polar surface area (TPSA) is 22.2 Å². The molecule has 1 aromatic carbocycles. The van der Waals surface area contributed by atoms with Crippen LogP contribution in [0, 0.1) is 6.92 Å². The second-order valence-electron chi connectivity index (χ2n) is 3.63. The lowest BCUT2D eigenvalue weighted by atomic mass is 10.2. The van der Waals surface area contributed by atoms with Crippen molar-refractivity contribution in [2.45, 2.75) is 6.92 Å². The third kappa shape index (κ3) is 0.789. The van der Waals surface area contributed by atoms with Gasteiger partial charge in [0.1, 0.15) is 0 Å². The zero-order valence-corrected chi connectivity index (χ0v) is 8.23. The molecule has 3 nitrogen and oxygen atoms in total. The van der Waals surface area contributed by atoms with Crippen LogP contribution in [0.3, 0.4) is 0 Å². The van der Waals surface area contributed by atoms with Crippen molar-refractivity contribution in [3.05, 3.63) is 36.2 Å². The van der Waals surface area contributed by atoms with Crippen molar-refractivity contribution in [3.63, 3.8) is 0 Å². The lowest BCUT2D eigenvalue weighted by molar-refractivity contribution is 0.940. The van der Waals surface area contributed by atoms with Crippen molar-refractivity contribution in [2.75, 3.05) is 0 Å². The molecule has 0 amide bonds. The summed E-state index contributed by atoms with van der Waals surface area (Å²) in [6.45, 7) is 2.09. The van der Waals surface area contributed by atoms with Crippen molar-refractivity contribution in [1.82, 2.24) is 14.0 Å². The molecule has 0 radical (unpaired) electrons. The summed E-state index contributed by atoms with van der Waals surface area (Å²) in [6, 6.07) is 6.26. The van der Waals surface area contributed by atoms with Gasteiger partial charge < -0.3 is 4.57 Å². The molecule has 0 atom stereocenters. The minimum Gasteiger partial charge on any atom is -0.320 e. The Labute approximate surface area is 81.6 Å². The van der Waals surface area contributed by atoms with Gasteiger partial charge in [-0.05, 0) is 18.6 Å². The van der Waals surface area contributed by atoms with Crippen LogP contribution in [0.1, 0.15) is 5.56 Å². The number of rotatable bonds is 0. The summed E-state index contributed by atoms with van der Waals surface area (Å²) in [4.78, 5) is 4.60. The van der Waals surface area contributed by atoms with Crippen LogP contribution in [0.4, 0.5) is 0 Å². The van der Waals surface area contributed by atoms with Crippen LogP contribution in [0.5, 0.6) is 0 Å². The fourth-order valence-electron chi connectivity index (χ4n) is 1.87. The van der Waals surface area contributed by atoms with Gasteiger partial charge in [-0.25, -0.2) is 4.98 Å². The van der Waals surface area contributed by atoms with Crippen molar-refractivity contribution in [2.24, 2.45) is 7.05 Å². The van der Waals surface area contributed by atoms with Crippen molar-refractivity contribution < 1.29 is 0 Å². The first-order valence-electron chi connectivity index (χ1n) is 4.66. The summed E-state index contributed by atoms with van der Waals surface area (Å²) < 4.78 is 4.14. The quantitative estimate of drug-likeness (QED) is 0.526. The first-order chi connectivity index (χ1) is 6.77. The highest BCUT2D eigenvalue weighted by molar-refractivity contribution is 5.82. The van der Waals surface area contributed by atoms with Gasteiger partial charge >= 0.3 is 0 Å². The zero-order chi connectivity index (χ0) is 9.71. The van der Waals surface area contributed by atoms with Crippen LogP contribution >= 0.6 is 0 Å². The van der Waals surface area contributed by atoms with Gasteiger partial charge in [0.15, 0.2) is 0 Å². The lowest BCUT2D eigenvalue weighted by Gasteiger charge is -1.92. The van der Waals surface area contributed by atoms with Crippen LogP contribution < -0.4 is 0 Å². The van der Waals surface area contributed by atoms with Crippen LogP contribution in [0.15, 0.2) is 30.6 Å². The fourth-order valence-corrected chi connectivity index (χ4v) is 1.87. The monoisotopic (exact) mass is 185 g/mol. The predicted octanol–water partition coefficient (Wildman–Crippen LogP) is 2.13. The minimum atomic E-state index is 0.995. The largest absolute Gasteiger partial charge is 0.320 e. The van der Waals surface area contributed by atoms with Crippen LogP contribution in [0.2, 0.25) is 0 Å². The lowest BCUT2D eigenvalue weighted by Crippen LogP contribution is -1.85. The van der Waals surface area contributed by atoms with Crippen LogP contribution in [0.25, 0.3) is 16.8 Å². The molecule has 0 unspecified atom stereocenters. The van der Waals surface area contributed by atoms with E-state index in [9.17, 15) is 0 Å². The highest BCUT2D eigenvalue weighted by Gasteiger charge is 2.07. The number of para-hydroxylation sites is 1. The number of nitrogens with zero attached hydrogens (tertiary/aromatic N) is 3. The Bertz CT molecular complexity index is 616. The molecule has 70 valence electrons. The van der Waals surface area contributed by atoms with E-state index in [1.807, 2.05) is 24.0 Å². The highest BCUT2D eigenvalue weighted by atomic mass is 15.2. The third-order valence-corrected chi connectivity index (χ3v) is 2.66. The van der Waals surface area contributed by atoms with Crippen LogP contribution in [-0.2, 0) is 7.05 Å². The van der Waals surface area contributed by atoms with Gasteiger partial charge in [-0.3, -0.25) is 4.40 Å². The SMILES string of the molecule is Cc1cccc2c1nc1n(C)ccn21. The smallest absolute Gasteiger partial charge is 0.214 e. The Balaban J connectivity index is 2.63. The maximum Gasteiger partial charge on any atom is 0.214 e. The van der Waals surface area contributed by atoms with Gasteiger partial charge in [-0.15, -0.1) is 0 Å². The Morgan fingerprint density at radius 3 is 2.93 bits per heavy atom. The number of hydrogen-bond acceptors (Lipinski definition) is 1. The Hall–Kier alpha value is -1.77. The van der Waals surface area contributed by atoms with Gasteiger partial charge in [-0.1, -0.05) is 12.1 Å². The molecular formula is C11H11N3. The number of benzene rings is 1. The van der Waals surface area contributed by atoms with Gasteiger partial charge in [0.05, 0.1) is 11.0 Å². The average molecular weight is 185 g/mol. The Morgan fingerprint density at radius 2 is 2.07 bits per heavy atom. The van der Waals surface area contributed by atoms with Crippen LogP contribution in [-0.4, -0.2) is 14.0 Å². The van der Waals surface area contributed by atoms with E-state index in [0.717, 1.165) is 11.3 Å². The van der Waals surface area contributed by atoms with Gasteiger partial charge in [0.2, 0.25) is 5.78 Å². The Morgan fingerprint density at radius 1 is 1.21 bits per heavy atom. The molecule has 0 saturated heterocycles. The zero-order valence-electron chi connectivity index (χ0n) is 8.23. The van der Waals surface area contributed by atoms with E-state index in [1.54, 1.807) is 0 Å². The van der Waals surface area contributed by atoms with E-state index in [-0.39, 0.29) is 0 Å². The minimum absolute atomic E-state index is 0.995. The first kappa shape index (κ1) is 7.62. The summed E-state index contributed by atoms with van der Waals surface area (Å²) in [5.41, 5.74) is 3.51. The molecule has 2 heterocycles. The number of aryl methyl sites for hydroxylation is 2. The number of aromatic nitrogens is 3. The summed E-state index contributed by atoms with van der Waals surface area (Å²) in [5.74, 6) is 0.995. The summed E-state index contributed by atoms with van der Waals surface area (Å²) in [5, 5.41) is 0. The van der Waals surface area contributed by atoms with E-state index in [4.69, 9.17) is 0 Å². The fraction of sp³-hybridized carbons (Fsp3) is 0.182. The third-order valence-electron chi connectivity index (χ3n) is 2.66. The number of imidazole rings is 2. The molecular weight excluding hydrogens is 174 g/mol. The molecule has 3 aromatic rings. The predicted molar refractivity (Wildman–Crippen MR) is 56.4 cm³/mol. The molecule has 0 N–H and O–H groups in total. The van der Waals surface area contributed by atoms with Crippen molar-refractivity contribution in [1.29, 1.82) is 0 Å². The molecule has 0 bridgehead atoms. The maximum absolute atomic E-state index is 4.60.